The normalized spacial score (nSPS) is 11.5. The zero-order valence-electron chi connectivity index (χ0n) is 15.3. The number of pyridine rings is 1. The van der Waals surface area contributed by atoms with E-state index < -0.39 is 15.8 Å². The molecule has 2 aromatic heterocycles. The maximum Gasteiger partial charge on any atom is 0.309 e. The van der Waals surface area contributed by atoms with Crippen LogP contribution in [0.5, 0.6) is 0 Å². The Bertz CT molecular complexity index is 1200. The zero-order chi connectivity index (χ0) is 20.5. The summed E-state index contributed by atoms with van der Waals surface area (Å²) < 4.78 is 25.8. The van der Waals surface area contributed by atoms with Gasteiger partial charge in [0.1, 0.15) is 0 Å². The van der Waals surface area contributed by atoms with E-state index in [9.17, 15) is 23.6 Å². The number of benzene rings is 1. The fraction of sp³-hybridized carbons (Fsp3) is 0.200. The van der Waals surface area contributed by atoms with Crippen molar-refractivity contribution < 1.29 is 18.3 Å². The molecule has 144 valence electrons. The molecule has 1 N–H and O–H groups in total. The van der Waals surface area contributed by atoms with Crippen molar-refractivity contribution in [2.24, 2.45) is 0 Å². The Hall–Kier alpha value is -2.76. The number of fused-ring (bicyclic) bond motifs is 1. The lowest BCUT2D eigenvalue weighted by molar-refractivity contribution is -0.136. The van der Waals surface area contributed by atoms with E-state index in [1.165, 1.54) is 11.8 Å². The number of carbonyl (C=O) groups is 1. The molecule has 6 nitrogen and oxygen atoms in total. The lowest BCUT2D eigenvalue weighted by Gasteiger charge is -2.05. The molecule has 3 aromatic rings. The van der Waals surface area contributed by atoms with Gasteiger partial charge in [-0.15, -0.1) is 0 Å². The van der Waals surface area contributed by atoms with Crippen molar-refractivity contribution >= 4 is 33.1 Å². The van der Waals surface area contributed by atoms with E-state index in [1.54, 1.807) is 53.9 Å². The number of nitrogens with zero attached hydrogens (tertiary/aromatic N) is 2. The van der Waals surface area contributed by atoms with Crippen LogP contribution in [0.1, 0.15) is 23.7 Å². The van der Waals surface area contributed by atoms with Crippen LogP contribution in [0, 0.1) is 18.3 Å². The molecule has 8 heteroatoms. The van der Waals surface area contributed by atoms with Gasteiger partial charge in [0.05, 0.1) is 34.2 Å². The summed E-state index contributed by atoms with van der Waals surface area (Å²) in [7, 11) is -3.26. The van der Waals surface area contributed by atoms with Crippen molar-refractivity contribution in [3.05, 3.63) is 59.4 Å². The summed E-state index contributed by atoms with van der Waals surface area (Å²) in [4.78, 5) is 13.2. The Labute approximate surface area is 167 Å². The lowest BCUT2D eigenvalue weighted by Crippen LogP contribution is -2.04. The van der Waals surface area contributed by atoms with Gasteiger partial charge in [-0.1, -0.05) is 18.7 Å². The van der Waals surface area contributed by atoms with Gasteiger partial charge in [0.25, 0.3) is 0 Å². The summed E-state index contributed by atoms with van der Waals surface area (Å²) in [6, 6.07) is 12.1. The van der Waals surface area contributed by atoms with Gasteiger partial charge in [-0.2, -0.15) is 5.26 Å². The second-order valence-electron chi connectivity index (χ2n) is 6.23. The summed E-state index contributed by atoms with van der Waals surface area (Å²) in [5.74, 6) is -0.893. The summed E-state index contributed by atoms with van der Waals surface area (Å²) in [5, 5.41) is 18.5. The number of hydrogen-bond donors (Lipinski definition) is 1. The van der Waals surface area contributed by atoms with Gasteiger partial charge in [-0.25, -0.2) is 8.42 Å². The molecular weight excluding hydrogens is 396 g/mol. The Morgan fingerprint density at radius 2 is 1.93 bits per heavy atom. The van der Waals surface area contributed by atoms with Crippen LogP contribution in [0.4, 0.5) is 0 Å². The van der Waals surface area contributed by atoms with Gasteiger partial charge in [0, 0.05) is 21.7 Å². The van der Waals surface area contributed by atoms with Crippen molar-refractivity contribution in [3.63, 3.8) is 0 Å². The van der Waals surface area contributed by atoms with Gasteiger partial charge >= 0.3 is 5.97 Å². The minimum absolute atomic E-state index is 0.0399. The highest BCUT2D eigenvalue weighted by molar-refractivity contribution is 7.99. The Morgan fingerprint density at radius 3 is 2.50 bits per heavy atom. The summed E-state index contributed by atoms with van der Waals surface area (Å²) in [5.41, 5.74) is 2.72. The molecule has 0 aliphatic carbocycles. The number of aromatic nitrogens is 1. The molecule has 0 radical (unpaired) electrons. The minimum Gasteiger partial charge on any atom is -0.481 e. The second-order valence-corrected chi connectivity index (χ2v) is 9.59. The summed E-state index contributed by atoms with van der Waals surface area (Å²) in [6.07, 6.45) is 1.58. The first-order chi connectivity index (χ1) is 13.3. The predicted octanol–water partition coefficient (Wildman–Crippen LogP) is 3.69. The summed E-state index contributed by atoms with van der Waals surface area (Å²) in [6.45, 7) is 3.46. The monoisotopic (exact) mass is 414 g/mol. The third-order valence-electron chi connectivity index (χ3n) is 4.48. The topological polar surface area (TPSA) is 99.6 Å². The molecule has 0 unspecified atom stereocenters. The van der Waals surface area contributed by atoms with Gasteiger partial charge in [-0.3, -0.25) is 4.79 Å². The first-order valence-corrected chi connectivity index (χ1v) is 11.0. The number of aliphatic carboxylic acids is 1. The third-order valence-corrected chi connectivity index (χ3v) is 7.46. The van der Waals surface area contributed by atoms with Crippen LogP contribution < -0.4 is 0 Å². The Balaban J connectivity index is 2.08. The van der Waals surface area contributed by atoms with Crippen molar-refractivity contribution in [3.8, 4) is 6.07 Å². The predicted molar refractivity (Wildman–Crippen MR) is 106 cm³/mol. The van der Waals surface area contributed by atoms with Crippen LogP contribution in [0.2, 0.25) is 0 Å². The standard InChI is InChI=1S/C20H18N2O4S2/c1-3-28(25,26)16-6-4-15(5-7-16)27-20-13(2)17(11-19(23)24)22-9-8-14(12-21)10-18(20)22/h4-10H,3,11H2,1-2H3,(H,23,24). The van der Waals surface area contributed by atoms with Crippen LogP contribution in [0.25, 0.3) is 5.52 Å². The number of sulfone groups is 1. The maximum atomic E-state index is 12.0. The van der Waals surface area contributed by atoms with Crippen molar-refractivity contribution in [2.45, 2.75) is 35.0 Å². The van der Waals surface area contributed by atoms with E-state index in [2.05, 4.69) is 6.07 Å². The molecule has 0 spiro atoms. The van der Waals surface area contributed by atoms with Crippen LogP contribution in [-0.2, 0) is 21.1 Å². The molecule has 1 aromatic carbocycles. The van der Waals surface area contributed by atoms with Crippen LogP contribution in [0.15, 0.2) is 57.3 Å². The highest BCUT2D eigenvalue weighted by atomic mass is 32.2. The number of rotatable bonds is 6. The van der Waals surface area contributed by atoms with E-state index in [0.717, 1.165) is 20.9 Å². The number of nitriles is 1. The first kappa shape index (κ1) is 20.0. The van der Waals surface area contributed by atoms with Crippen molar-refractivity contribution in [2.75, 3.05) is 5.75 Å². The van der Waals surface area contributed by atoms with E-state index in [1.807, 2.05) is 6.92 Å². The van der Waals surface area contributed by atoms with E-state index >= 15 is 0 Å². The first-order valence-electron chi connectivity index (χ1n) is 8.53. The average Bonchev–Trinajstić information content (AvgIpc) is 2.93. The lowest BCUT2D eigenvalue weighted by atomic mass is 10.2. The number of carboxylic acids is 1. The molecule has 0 aliphatic heterocycles. The number of carboxylic acid groups (broad SMARTS) is 1. The molecule has 0 bridgehead atoms. The van der Waals surface area contributed by atoms with Crippen LogP contribution >= 0.6 is 11.8 Å². The molecule has 0 saturated heterocycles. The highest BCUT2D eigenvalue weighted by Gasteiger charge is 2.19. The second kappa shape index (κ2) is 7.70. The Morgan fingerprint density at radius 1 is 1.25 bits per heavy atom. The van der Waals surface area contributed by atoms with E-state index in [-0.39, 0.29) is 17.1 Å². The zero-order valence-corrected chi connectivity index (χ0v) is 17.0. The average molecular weight is 415 g/mol. The molecule has 28 heavy (non-hydrogen) atoms. The third kappa shape index (κ3) is 3.77. The molecule has 0 fully saturated rings. The van der Waals surface area contributed by atoms with E-state index in [0.29, 0.717) is 11.3 Å². The van der Waals surface area contributed by atoms with Crippen LogP contribution in [0.3, 0.4) is 0 Å². The quantitative estimate of drug-likeness (QED) is 0.660. The molecule has 3 rings (SSSR count). The molecule has 0 amide bonds. The highest BCUT2D eigenvalue weighted by Crippen LogP contribution is 2.38. The van der Waals surface area contributed by atoms with E-state index in [4.69, 9.17) is 0 Å². The van der Waals surface area contributed by atoms with Gasteiger partial charge in [0.2, 0.25) is 0 Å². The van der Waals surface area contributed by atoms with Gasteiger partial charge < -0.3 is 9.51 Å². The molecule has 0 atom stereocenters. The number of hydrogen-bond acceptors (Lipinski definition) is 5. The van der Waals surface area contributed by atoms with Gasteiger partial charge in [-0.05, 0) is 48.9 Å². The smallest absolute Gasteiger partial charge is 0.309 e. The Kier molecular flexibility index (Phi) is 5.49. The fourth-order valence-electron chi connectivity index (χ4n) is 2.97. The maximum absolute atomic E-state index is 12.0. The minimum atomic E-state index is -3.26. The largest absolute Gasteiger partial charge is 0.481 e. The molecular formula is C20H18N2O4S2. The van der Waals surface area contributed by atoms with Gasteiger partial charge in [0.15, 0.2) is 9.84 Å². The van der Waals surface area contributed by atoms with Crippen molar-refractivity contribution in [1.82, 2.24) is 4.40 Å². The molecule has 2 heterocycles. The summed E-state index contributed by atoms with van der Waals surface area (Å²) >= 11 is 1.42. The molecule has 0 saturated carbocycles. The SMILES string of the molecule is CCS(=O)(=O)c1ccc(Sc2c(C)c(CC(=O)O)n3ccc(C#N)cc23)cc1. The molecule has 0 aliphatic rings. The van der Waals surface area contributed by atoms with Crippen LogP contribution in [-0.4, -0.2) is 29.6 Å². The fourth-order valence-corrected chi connectivity index (χ4v) is 4.90. The van der Waals surface area contributed by atoms with Crippen molar-refractivity contribution in [1.29, 1.82) is 5.26 Å².